The lowest BCUT2D eigenvalue weighted by atomic mass is 10.0. The highest BCUT2D eigenvalue weighted by Gasteiger charge is 2.35. The van der Waals surface area contributed by atoms with Gasteiger partial charge < -0.3 is 16.0 Å². The Balaban J connectivity index is 0.00000243. The summed E-state index contributed by atoms with van der Waals surface area (Å²) in [5.74, 6) is -0.527. The predicted octanol–water partition coefficient (Wildman–Crippen LogP) is 2.99. The highest BCUT2D eigenvalue weighted by molar-refractivity contribution is 6.34. The van der Waals surface area contributed by atoms with Gasteiger partial charge in [0.2, 0.25) is 11.8 Å². The first-order chi connectivity index (χ1) is 12.0. The summed E-state index contributed by atoms with van der Waals surface area (Å²) in [7, 11) is 0. The SMILES string of the molecule is Cc1ccc(C(N)C(=O)NC2CCN(c3ccccc3Cl)C2=O)cc1.Cl. The Kier molecular flexibility index (Phi) is 6.64. The molecule has 0 radical (unpaired) electrons. The Bertz CT molecular complexity index is 796. The number of aryl methyl sites for hydroxylation is 1. The Morgan fingerprint density at radius 2 is 1.88 bits per heavy atom. The van der Waals surface area contributed by atoms with E-state index in [1.807, 2.05) is 43.3 Å². The minimum atomic E-state index is -0.803. The molecule has 26 heavy (non-hydrogen) atoms. The maximum absolute atomic E-state index is 12.6. The van der Waals surface area contributed by atoms with Crippen LogP contribution in [0.3, 0.4) is 0 Å². The number of nitrogens with one attached hydrogen (secondary N) is 1. The minimum absolute atomic E-state index is 0. The van der Waals surface area contributed by atoms with Gasteiger partial charge in [0, 0.05) is 6.54 Å². The topological polar surface area (TPSA) is 75.4 Å². The molecule has 2 unspecified atom stereocenters. The van der Waals surface area contributed by atoms with Gasteiger partial charge in [0.15, 0.2) is 0 Å². The number of nitrogens with zero attached hydrogens (tertiary/aromatic N) is 1. The number of benzene rings is 2. The molecule has 1 aliphatic heterocycles. The number of para-hydroxylation sites is 1. The molecule has 3 rings (SSSR count). The van der Waals surface area contributed by atoms with Gasteiger partial charge >= 0.3 is 0 Å². The zero-order valence-electron chi connectivity index (χ0n) is 14.3. The fourth-order valence-electron chi connectivity index (χ4n) is 2.91. The first-order valence-corrected chi connectivity index (χ1v) is 8.53. The van der Waals surface area contributed by atoms with E-state index in [-0.39, 0.29) is 24.2 Å². The molecule has 3 N–H and O–H groups in total. The summed E-state index contributed by atoms with van der Waals surface area (Å²) in [5.41, 5.74) is 8.50. The Morgan fingerprint density at radius 3 is 2.54 bits per heavy atom. The van der Waals surface area contributed by atoms with Crippen LogP contribution in [0.2, 0.25) is 5.02 Å². The van der Waals surface area contributed by atoms with Crippen molar-refractivity contribution in [3.8, 4) is 0 Å². The second-order valence-corrected chi connectivity index (χ2v) is 6.59. The summed E-state index contributed by atoms with van der Waals surface area (Å²) in [6, 6.07) is 13.2. The quantitative estimate of drug-likeness (QED) is 0.837. The van der Waals surface area contributed by atoms with E-state index in [1.165, 1.54) is 0 Å². The highest BCUT2D eigenvalue weighted by Crippen LogP contribution is 2.29. The third-order valence-corrected chi connectivity index (χ3v) is 4.70. The first kappa shape index (κ1) is 20.2. The number of hydrogen-bond acceptors (Lipinski definition) is 3. The van der Waals surface area contributed by atoms with Crippen LogP contribution in [0.5, 0.6) is 0 Å². The molecule has 2 amide bonds. The molecule has 0 spiro atoms. The van der Waals surface area contributed by atoms with Crippen molar-refractivity contribution >= 4 is 41.5 Å². The lowest BCUT2D eigenvalue weighted by Gasteiger charge is -2.19. The van der Waals surface area contributed by atoms with Crippen molar-refractivity contribution in [2.75, 3.05) is 11.4 Å². The number of nitrogens with two attached hydrogens (primary N) is 1. The Morgan fingerprint density at radius 1 is 1.23 bits per heavy atom. The molecule has 0 bridgehead atoms. The van der Waals surface area contributed by atoms with Gasteiger partial charge in [-0.1, -0.05) is 53.6 Å². The molecule has 1 saturated heterocycles. The standard InChI is InChI=1S/C19H20ClN3O2.ClH/c1-12-6-8-13(9-7-12)17(21)18(24)22-15-10-11-23(19(15)25)16-5-3-2-4-14(16)20;/h2-9,15,17H,10-11,21H2,1H3,(H,22,24);1H. The van der Waals surface area contributed by atoms with Crippen molar-refractivity contribution in [1.82, 2.24) is 5.32 Å². The van der Waals surface area contributed by atoms with Crippen molar-refractivity contribution in [1.29, 1.82) is 0 Å². The van der Waals surface area contributed by atoms with Crippen molar-refractivity contribution < 1.29 is 9.59 Å². The van der Waals surface area contributed by atoms with Gasteiger partial charge in [-0.25, -0.2) is 0 Å². The van der Waals surface area contributed by atoms with E-state index in [4.69, 9.17) is 17.3 Å². The highest BCUT2D eigenvalue weighted by atomic mass is 35.5. The van der Waals surface area contributed by atoms with E-state index >= 15 is 0 Å². The number of rotatable bonds is 4. The van der Waals surface area contributed by atoms with E-state index in [1.54, 1.807) is 17.0 Å². The smallest absolute Gasteiger partial charge is 0.249 e. The second kappa shape index (κ2) is 8.54. The largest absolute Gasteiger partial charge is 0.343 e. The van der Waals surface area contributed by atoms with Crippen LogP contribution >= 0.6 is 24.0 Å². The van der Waals surface area contributed by atoms with Gasteiger partial charge in [-0.3, -0.25) is 9.59 Å². The van der Waals surface area contributed by atoms with Crippen LogP contribution in [0.4, 0.5) is 5.69 Å². The molecule has 0 aliphatic carbocycles. The van der Waals surface area contributed by atoms with Crippen LogP contribution in [0.15, 0.2) is 48.5 Å². The van der Waals surface area contributed by atoms with Gasteiger partial charge in [-0.2, -0.15) is 0 Å². The number of anilines is 1. The summed E-state index contributed by atoms with van der Waals surface area (Å²) in [5, 5.41) is 3.28. The van der Waals surface area contributed by atoms with Gasteiger partial charge in [0.1, 0.15) is 12.1 Å². The van der Waals surface area contributed by atoms with Crippen LogP contribution < -0.4 is 16.0 Å². The normalized spacial score (nSPS) is 17.6. The number of hydrogen-bond donors (Lipinski definition) is 2. The minimum Gasteiger partial charge on any atom is -0.343 e. The van der Waals surface area contributed by atoms with Crippen molar-refractivity contribution in [3.63, 3.8) is 0 Å². The lowest BCUT2D eigenvalue weighted by Crippen LogP contribution is -2.45. The molecular formula is C19H21Cl2N3O2. The van der Waals surface area contributed by atoms with Crippen LogP contribution in [0.1, 0.15) is 23.6 Å². The van der Waals surface area contributed by atoms with Crippen LogP contribution in [0.25, 0.3) is 0 Å². The van der Waals surface area contributed by atoms with E-state index in [0.717, 1.165) is 11.1 Å². The fraction of sp³-hybridized carbons (Fsp3) is 0.263. The van der Waals surface area contributed by atoms with Gasteiger partial charge in [0.25, 0.3) is 0 Å². The van der Waals surface area contributed by atoms with Gasteiger partial charge in [-0.15, -0.1) is 12.4 Å². The molecule has 5 nitrogen and oxygen atoms in total. The van der Waals surface area contributed by atoms with Gasteiger partial charge in [0.05, 0.1) is 10.7 Å². The summed E-state index contributed by atoms with van der Waals surface area (Å²) in [6.45, 7) is 2.48. The zero-order chi connectivity index (χ0) is 18.0. The molecule has 0 aromatic heterocycles. The number of halogens is 2. The van der Waals surface area contributed by atoms with E-state index in [0.29, 0.717) is 23.7 Å². The number of carbonyl (C=O) groups is 2. The Labute approximate surface area is 163 Å². The summed E-state index contributed by atoms with van der Waals surface area (Å²) in [6.07, 6.45) is 0.524. The third kappa shape index (κ3) is 4.18. The molecule has 1 heterocycles. The molecule has 138 valence electrons. The third-order valence-electron chi connectivity index (χ3n) is 4.38. The van der Waals surface area contributed by atoms with Crippen LogP contribution in [0, 0.1) is 6.92 Å². The number of amides is 2. The van der Waals surface area contributed by atoms with Crippen molar-refractivity contribution in [2.45, 2.75) is 25.4 Å². The maximum atomic E-state index is 12.6. The maximum Gasteiger partial charge on any atom is 0.249 e. The van der Waals surface area contributed by atoms with Crippen molar-refractivity contribution in [2.24, 2.45) is 5.73 Å². The van der Waals surface area contributed by atoms with Gasteiger partial charge in [-0.05, 0) is 31.0 Å². The average Bonchev–Trinajstić information content (AvgIpc) is 2.96. The number of carbonyl (C=O) groups excluding carboxylic acids is 2. The zero-order valence-corrected chi connectivity index (χ0v) is 15.9. The summed E-state index contributed by atoms with van der Waals surface area (Å²) < 4.78 is 0. The monoisotopic (exact) mass is 393 g/mol. The van der Waals surface area contributed by atoms with E-state index in [9.17, 15) is 9.59 Å². The average molecular weight is 394 g/mol. The van der Waals surface area contributed by atoms with E-state index in [2.05, 4.69) is 5.32 Å². The molecule has 2 aromatic rings. The van der Waals surface area contributed by atoms with E-state index < -0.39 is 12.1 Å². The molecule has 0 saturated carbocycles. The Hall–Kier alpha value is -2.08. The van der Waals surface area contributed by atoms with Crippen molar-refractivity contribution in [3.05, 3.63) is 64.7 Å². The first-order valence-electron chi connectivity index (χ1n) is 8.16. The lowest BCUT2D eigenvalue weighted by molar-refractivity contribution is -0.127. The van der Waals surface area contributed by atoms with Crippen LogP contribution in [-0.4, -0.2) is 24.4 Å². The summed E-state index contributed by atoms with van der Waals surface area (Å²) in [4.78, 5) is 26.6. The molecule has 2 atom stereocenters. The predicted molar refractivity (Wildman–Crippen MR) is 106 cm³/mol. The fourth-order valence-corrected chi connectivity index (χ4v) is 3.15. The molecule has 1 aliphatic rings. The summed E-state index contributed by atoms with van der Waals surface area (Å²) >= 11 is 6.17. The molecule has 1 fully saturated rings. The second-order valence-electron chi connectivity index (χ2n) is 6.18. The molecule has 2 aromatic carbocycles. The molecule has 7 heteroatoms. The van der Waals surface area contributed by atoms with Crippen LogP contribution in [-0.2, 0) is 9.59 Å². The molecular weight excluding hydrogens is 373 g/mol.